The average molecular weight is 555 g/mol. The molecule has 1 saturated heterocycles. The summed E-state index contributed by atoms with van der Waals surface area (Å²) < 4.78 is 11.9. The minimum atomic E-state index is -0.470. The highest BCUT2D eigenvalue weighted by Crippen LogP contribution is 2.33. The molecule has 0 bridgehead atoms. The van der Waals surface area contributed by atoms with Gasteiger partial charge in [-0.25, -0.2) is 0 Å². The number of carbonyl (C=O) groups is 2. The number of nitrogens with one attached hydrogen (secondary N) is 1. The van der Waals surface area contributed by atoms with Gasteiger partial charge in [0, 0.05) is 11.1 Å². The predicted octanol–water partition coefficient (Wildman–Crippen LogP) is 7.78. The zero-order valence-electron chi connectivity index (χ0n) is 17.2. The lowest BCUT2D eigenvalue weighted by atomic mass is 10.1. The Balaban J connectivity index is 1.59. The van der Waals surface area contributed by atoms with Crippen molar-refractivity contribution in [2.24, 2.45) is 0 Å². The number of carbonyl (C=O) groups excluding carboxylic acids is 2. The molecule has 1 N–H and O–H groups in total. The van der Waals surface area contributed by atoms with Gasteiger partial charge in [-0.1, -0.05) is 64.6 Å². The summed E-state index contributed by atoms with van der Waals surface area (Å²) >= 11 is 25.2. The number of benzene rings is 3. The Kier molecular flexibility index (Phi) is 7.96. The molecule has 34 heavy (non-hydrogen) atoms. The summed E-state index contributed by atoms with van der Waals surface area (Å²) in [5, 5.41) is 3.54. The van der Waals surface area contributed by atoms with Crippen LogP contribution in [0.3, 0.4) is 0 Å². The fourth-order valence-electron chi connectivity index (χ4n) is 3.03. The van der Waals surface area contributed by atoms with Crippen molar-refractivity contribution in [2.75, 3.05) is 0 Å². The van der Waals surface area contributed by atoms with Crippen molar-refractivity contribution in [1.82, 2.24) is 5.32 Å². The number of ether oxygens (including phenoxy) is 2. The maximum absolute atomic E-state index is 12.1. The van der Waals surface area contributed by atoms with E-state index < -0.39 is 11.1 Å². The fraction of sp³-hybridized carbons (Fsp3) is 0.0833. The molecule has 0 atom stereocenters. The highest BCUT2D eigenvalue weighted by atomic mass is 35.5. The van der Waals surface area contributed by atoms with Gasteiger partial charge in [-0.15, -0.1) is 0 Å². The van der Waals surface area contributed by atoms with E-state index in [2.05, 4.69) is 5.32 Å². The topological polar surface area (TPSA) is 64.6 Å². The third-order valence-electron chi connectivity index (χ3n) is 4.71. The molecular formula is C24H15Cl4NO4S. The lowest BCUT2D eigenvalue weighted by Crippen LogP contribution is -2.17. The number of hydrogen-bond acceptors (Lipinski definition) is 5. The Morgan fingerprint density at radius 1 is 0.853 bits per heavy atom. The quantitative estimate of drug-likeness (QED) is 0.302. The van der Waals surface area contributed by atoms with Crippen LogP contribution in [-0.2, 0) is 18.0 Å². The van der Waals surface area contributed by atoms with Gasteiger partial charge in [0.05, 0.1) is 25.0 Å². The molecule has 1 aliphatic rings. The predicted molar refractivity (Wildman–Crippen MR) is 137 cm³/mol. The van der Waals surface area contributed by atoms with E-state index in [1.807, 2.05) is 6.07 Å². The Morgan fingerprint density at radius 3 is 2.41 bits per heavy atom. The summed E-state index contributed by atoms with van der Waals surface area (Å²) in [6.07, 6.45) is 1.58. The third kappa shape index (κ3) is 6.01. The molecular weight excluding hydrogens is 540 g/mol. The first-order chi connectivity index (χ1) is 16.3. The molecule has 0 saturated carbocycles. The van der Waals surface area contributed by atoms with Crippen molar-refractivity contribution in [1.29, 1.82) is 0 Å². The van der Waals surface area contributed by atoms with Crippen molar-refractivity contribution >= 4 is 75.4 Å². The van der Waals surface area contributed by atoms with Crippen LogP contribution in [0.1, 0.15) is 16.7 Å². The number of imide groups is 1. The first kappa shape index (κ1) is 24.8. The molecule has 4 rings (SSSR count). The monoisotopic (exact) mass is 553 g/mol. The molecule has 2 amide bonds. The standard InChI is InChI=1S/C24H15Cl4NO4S/c25-17-6-4-13(8-19(17)27)11-33-20-7-5-16(32-12-14-2-1-3-18(26)22(14)28)9-15(20)10-21-23(30)29-24(31)34-21/h1-10H,11-12H2,(H,29,30,31). The second-order valence-corrected chi connectivity index (χ2v) is 9.70. The second kappa shape index (κ2) is 10.9. The van der Waals surface area contributed by atoms with Gasteiger partial charge in [0.2, 0.25) is 0 Å². The molecule has 0 unspecified atom stereocenters. The summed E-state index contributed by atoms with van der Waals surface area (Å²) in [7, 11) is 0. The van der Waals surface area contributed by atoms with Crippen LogP contribution >= 0.6 is 58.2 Å². The van der Waals surface area contributed by atoms with E-state index in [4.69, 9.17) is 55.9 Å². The van der Waals surface area contributed by atoms with Crippen LogP contribution in [0.15, 0.2) is 59.5 Å². The highest BCUT2D eigenvalue weighted by Gasteiger charge is 2.25. The largest absolute Gasteiger partial charge is 0.489 e. The first-order valence-corrected chi connectivity index (χ1v) is 12.1. The molecule has 3 aromatic rings. The van der Waals surface area contributed by atoms with Crippen molar-refractivity contribution in [3.63, 3.8) is 0 Å². The number of amides is 2. The van der Waals surface area contributed by atoms with Crippen LogP contribution in [0.4, 0.5) is 4.79 Å². The average Bonchev–Trinajstić information content (AvgIpc) is 3.12. The number of rotatable bonds is 7. The summed E-state index contributed by atoms with van der Waals surface area (Å²) in [6.45, 7) is 0.399. The Morgan fingerprint density at radius 2 is 1.68 bits per heavy atom. The minimum absolute atomic E-state index is 0.187. The van der Waals surface area contributed by atoms with E-state index in [0.29, 0.717) is 37.2 Å². The fourth-order valence-corrected chi connectivity index (χ4v) is 4.40. The molecule has 1 aliphatic heterocycles. The molecule has 1 heterocycles. The summed E-state index contributed by atoms with van der Waals surface area (Å²) in [6, 6.07) is 15.7. The molecule has 0 aliphatic carbocycles. The first-order valence-electron chi connectivity index (χ1n) is 9.81. The van der Waals surface area contributed by atoms with Gasteiger partial charge in [-0.05, 0) is 59.8 Å². The van der Waals surface area contributed by atoms with Gasteiger partial charge in [-0.2, -0.15) is 0 Å². The van der Waals surface area contributed by atoms with E-state index in [9.17, 15) is 9.59 Å². The number of hydrogen-bond donors (Lipinski definition) is 1. The summed E-state index contributed by atoms with van der Waals surface area (Å²) in [4.78, 5) is 23.9. The van der Waals surface area contributed by atoms with E-state index in [1.54, 1.807) is 54.6 Å². The molecule has 10 heteroatoms. The van der Waals surface area contributed by atoms with Crippen molar-refractivity contribution in [3.8, 4) is 11.5 Å². The second-order valence-electron chi connectivity index (χ2n) is 7.09. The van der Waals surface area contributed by atoms with Crippen LogP contribution in [0, 0.1) is 0 Å². The number of halogens is 4. The molecule has 0 radical (unpaired) electrons. The highest BCUT2D eigenvalue weighted by molar-refractivity contribution is 8.18. The smallest absolute Gasteiger partial charge is 0.290 e. The lowest BCUT2D eigenvalue weighted by Gasteiger charge is -2.13. The molecule has 1 fully saturated rings. The number of thioether (sulfide) groups is 1. The molecule has 0 aromatic heterocycles. The SMILES string of the molecule is O=C1NC(=O)C(=Cc2cc(OCc3cccc(Cl)c3Cl)ccc2OCc2ccc(Cl)c(Cl)c2)S1. The van der Waals surface area contributed by atoms with E-state index in [-0.39, 0.29) is 18.1 Å². The maximum Gasteiger partial charge on any atom is 0.290 e. The Labute approximate surface area is 219 Å². The maximum atomic E-state index is 12.1. The van der Waals surface area contributed by atoms with Crippen LogP contribution in [0.5, 0.6) is 11.5 Å². The Bertz CT molecular complexity index is 1310. The van der Waals surface area contributed by atoms with Gasteiger partial charge in [0.25, 0.3) is 11.1 Å². The van der Waals surface area contributed by atoms with Gasteiger partial charge < -0.3 is 9.47 Å². The van der Waals surface area contributed by atoms with E-state index in [1.165, 1.54) is 0 Å². The molecule has 5 nitrogen and oxygen atoms in total. The van der Waals surface area contributed by atoms with Crippen LogP contribution in [-0.4, -0.2) is 11.1 Å². The molecule has 0 spiro atoms. The van der Waals surface area contributed by atoms with Crippen LogP contribution < -0.4 is 14.8 Å². The third-order valence-corrected chi connectivity index (χ3v) is 7.12. The van der Waals surface area contributed by atoms with Crippen molar-refractivity contribution in [3.05, 3.63) is 96.3 Å². The lowest BCUT2D eigenvalue weighted by molar-refractivity contribution is -0.115. The van der Waals surface area contributed by atoms with E-state index >= 15 is 0 Å². The van der Waals surface area contributed by atoms with Gasteiger partial charge >= 0.3 is 0 Å². The zero-order chi connectivity index (χ0) is 24.2. The summed E-state index contributed by atoms with van der Waals surface area (Å²) in [5.41, 5.74) is 2.10. The van der Waals surface area contributed by atoms with Crippen molar-refractivity contribution in [2.45, 2.75) is 13.2 Å². The molecule has 174 valence electrons. The van der Waals surface area contributed by atoms with E-state index in [0.717, 1.165) is 22.9 Å². The zero-order valence-corrected chi connectivity index (χ0v) is 21.1. The van der Waals surface area contributed by atoms with Crippen LogP contribution in [0.2, 0.25) is 20.1 Å². The van der Waals surface area contributed by atoms with Gasteiger partial charge in [0.15, 0.2) is 0 Å². The molecule has 3 aromatic carbocycles. The normalized spacial score (nSPS) is 14.4. The van der Waals surface area contributed by atoms with Crippen LogP contribution in [0.25, 0.3) is 6.08 Å². The van der Waals surface area contributed by atoms with Gasteiger partial charge in [-0.3, -0.25) is 14.9 Å². The van der Waals surface area contributed by atoms with Gasteiger partial charge in [0.1, 0.15) is 24.7 Å². The van der Waals surface area contributed by atoms with Crippen molar-refractivity contribution < 1.29 is 19.1 Å². The Hall–Kier alpha value is -2.35. The summed E-state index contributed by atoms with van der Waals surface area (Å²) in [5.74, 6) is 0.529. The minimum Gasteiger partial charge on any atom is -0.489 e.